The van der Waals surface area contributed by atoms with Gasteiger partial charge in [0.1, 0.15) is 0 Å². The molecule has 0 saturated carbocycles. The molecule has 2 aliphatic rings. The van der Waals surface area contributed by atoms with Crippen LogP contribution in [0.15, 0.2) is 43.0 Å². The summed E-state index contributed by atoms with van der Waals surface area (Å²) in [6.07, 6.45) is 7.96. The lowest BCUT2D eigenvalue weighted by Crippen LogP contribution is -2.44. The minimum absolute atomic E-state index is 0.00991. The molecule has 2 atom stereocenters. The van der Waals surface area contributed by atoms with E-state index in [2.05, 4.69) is 6.58 Å². The van der Waals surface area contributed by atoms with E-state index in [9.17, 15) is 14.7 Å². The summed E-state index contributed by atoms with van der Waals surface area (Å²) in [5.74, 6) is -0.823. The van der Waals surface area contributed by atoms with Crippen molar-refractivity contribution in [1.82, 2.24) is 0 Å². The topological polar surface area (TPSA) is 81.1 Å². The third-order valence-corrected chi connectivity index (χ3v) is 5.58. The standard InChI is InChI=1S/C22H28N2O4/c1-3-12-24-19-11-10-17(23-13-6-4-9-20(23)26)15-18(19)22(28,21(24)27)16(2)8-5-7-14-25/h3,5,8,10-11,15-16,25,28H,1,4,6-7,9,12-14H2,2H3/b8-5+/t16-,22+/m1/s1. The number of hydrogen-bond acceptors (Lipinski definition) is 4. The third-order valence-electron chi connectivity index (χ3n) is 5.58. The summed E-state index contributed by atoms with van der Waals surface area (Å²) in [5, 5.41) is 20.5. The first-order valence-corrected chi connectivity index (χ1v) is 9.82. The molecule has 1 aromatic rings. The van der Waals surface area contributed by atoms with Crippen LogP contribution in [0.5, 0.6) is 0 Å². The summed E-state index contributed by atoms with van der Waals surface area (Å²) in [6, 6.07) is 5.41. The Morgan fingerprint density at radius 1 is 1.32 bits per heavy atom. The number of piperidine rings is 1. The van der Waals surface area contributed by atoms with Gasteiger partial charge < -0.3 is 20.0 Å². The van der Waals surface area contributed by atoms with Crippen LogP contribution in [-0.2, 0) is 15.2 Å². The number of nitrogens with zero attached hydrogens (tertiary/aromatic N) is 2. The van der Waals surface area contributed by atoms with Crippen molar-refractivity contribution in [3.8, 4) is 0 Å². The van der Waals surface area contributed by atoms with E-state index in [4.69, 9.17) is 5.11 Å². The second-order valence-electron chi connectivity index (χ2n) is 7.40. The first-order valence-electron chi connectivity index (χ1n) is 9.82. The van der Waals surface area contributed by atoms with Crippen molar-refractivity contribution in [2.24, 2.45) is 5.92 Å². The van der Waals surface area contributed by atoms with E-state index < -0.39 is 17.4 Å². The van der Waals surface area contributed by atoms with Crippen molar-refractivity contribution in [3.05, 3.63) is 48.6 Å². The SMILES string of the molecule is C=CCN1C(=O)[C@](O)([C@H](C)/C=C/CCO)c2cc(N3CCCCC3=O)ccc21. The minimum atomic E-state index is -1.72. The summed E-state index contributed by atoms with van der Waals surface area (Å²) in [6.45, 7) is 6.45. The van der Waals surface area contributed by atoms with Crippen molar-refractivity contribution < 1.29 is 19.8 Å². The Labute approximate surface area is 165 Å². The lowest BCUT2D eigenvalue weighted by Gasteiger charge is -2.29. The van der Waals surface area contributed by atoms with Gasteiger partial charge in [0, 0.05) is 43.3 Å². The van der Waals surface area contributed by atoms with Gasteiger partial charge in [-0.05, 0) is 37.5 Å². The zero-order valence-electron chi connectivity index (χ0n) is 16.3. The second kappa shape index (κ2) is 8.29. The molecule has 3 rings (SSSR count). The average molecular weight is 384 g/mol. The molecular weight excluding hydrogens is 356 g/mol. The van der Waals surface area contributed by atoms with Crippen LogP contribution in [0.2, 0.25) is 0 Å². The van der Waals surface area contributed by atoms with Crippen molar-refractivity contribution in [1.29, 1.82) is 0 Å². The van der Waals surface area contributed by atoms with Crippen molar-refractivity contribution in [3.63, 3.8) is 0 Å². The Kier molecular flexibility index (Phi) is 6.01. The summed E-state index contributed by atoms with van der Waals surface area (Å²) in [4.78, 5) is 28.8. The maximum atomic E-state index is 13.2. The Hall–Kier alpha value is -2.44. The largest absolute Gasteiger partial charge is 0.396 e. The molecule has 1 fully saturated rings. The van der Waals surface area contributed by atoms with Gasteiger partial charge in [0.15, 0.2) is 5.60 Å². The van der Waals surface area contributed by atoms with E-state index in [-0.39, 0.29) is 12.5 Å². The fourth-order valence-electron chi connectivity index (χ4n) is 4.01. The van der Waals surface area contributed by atoms with E-state index in [1.807, 2.05) is 6.07 Å². The Bertz CT molecular complexity index is 804. The molecule has 0 aromatic heterocycles. The summed E-state index contributed by atoms with van der Waals surface area (Å²) in [5.41, 5.74) is 0.139. The highest BCUT2D eigenvalue weighted by atomic mass is 16.3. The zero-order chi connectivity index (χ0) is 20.3. The van der Waals surface area contributed by atoms with Crippen LogP contribution in [0.25, 0.3) is 0 Å². The maximum Gasteiger partial charge on any atom is 0.264 e. The summed E-state index contributed by atoms with van der Waals surface area (Å²) in [7, 11) is 0. The number of anilines is 2. The van der Waals surface area contributed by atoms with Gasteiger partial charge in [0.05, 0.1) is 5.69 Å². The molecule has 6 nitrogen and oxygen atoms in total. The fraction of sp³-hybridized carbons (Fsp3) is 0.455. The Morgan fingerprint density at radius 2 is 2.11 bits per heavy atom. The van der Waals surface area contributed by atoms with Crippen LogP contribution >= 0.6 is 0 Å². The van der Waals surface area contributed by atoms with Gasteiger partial charge in [-0.3, -0.25) is 9.59 Å². The minimum Gasteiger partial charge on any atom is -0.396 e. The molecule has 0 unspecified atom stereocenters. The van der Waals surface area contributed by atoms with E-state index in [1.165, 1.54) is 4.90 Å². The molecule has 2 heterocycles. The Balaban J connectivity index is 2.05. The predicted molar refractivity (Wildman–Crippen MR) is 109 cm³/mol. The van der Waals surface area contributed by atoms with Crippen molar-refractivity contribution >= 4 is 23.2 Å². The first-order chi connectivity index (χ1) is 13.4. The van der Waals surface area contributed by atoms with Gasteiger partial charge in [-0.1, -0.05) is 25.2 Å². The number of amides is 2. The van der Waals surface area contributed by atoms with Crippen molar-refractivity contribution in [2.45, 2.75) is 38.2 Å². The van der Waals surface area contributed by atoms with Crippen LogP contribution in [-0.4, -0.2) is 41.7 Å². The number of aliphatic hydroxyl groups excluding tert-OH is 1. The van der Waals surface area contributed by atoms with Gasteiger partial charge in [-0.25, -0.2) is 0 Å². The highest BCUT2D eigenvalue weighted by Gasteiger charge is 2.52. The first kappa shape index (κ1) is 20.3. The van der Waals surface area contributed by atoms with E-state index >= 15 is 0 Å². The lowest BCUT2D eigenvalue weighted by molar-refractivity contribution is -0.139. The van der Waals surface area contributed by atoms with E-state index in [0.29, 0.717) is 42.9 Å². The van der Waals surface area contributed by atoms with Crippen LogP contribution in [0.3, 0.4) is 0 Å². The molecule has 2 amide bonds. The highest BCUT2D eigenvalue weighted by molar-refractivity contribution is 6.08. The van der Waals surface area contributed by atoms with Gasteiger partial charge >= 0.3 is 0 Å². The molecule has 0 radical (unpaired) electrons. The van der Waals surface area contributed by atoms with E-state index in [0.717, 1.165) is 12.8 Å². The molecular formula is C22H28N2O4. The quantitative estimate of drug-likeness (QED) is 0.708. The number of fused-ring (bicyclic) bond motifs is 1. The smallest absolute Gasteiger partial charge is 0.264 e. The summed E-state index contributed by atoms with van der Waals surface area (Å²) >= 11 is 0. The summed E-state index contributed by atoms with van der Waals surface area (Å²) < 4.78 is 0. The maximum absolute atomic E-state index is 13.2. The molecule has 150 valence electrons. The molecule has 0 bridgehead atoms. The van der Waals surface area contributed by atoms with Gasteiger partial charge in [-0.2, -0.15) is 0 Å². The van der Waals surface area contributed by atoms with Crippen molar-refractivity contribution in [2.75, 3.05) is 29.5 Å². The number of benzene rings is 1. The molecule has 2 N–H and O–H groups in total. The zero-order valence-corrected chi connectivity index (χ0v) is 16.3. The molecule has 1 saturated heterocycles. The highest BCUT2D eigenvalue weighted by Crippen LogP contribution is 2.46. The van der Waals surface area contributed by atoms with Crippen LogP contribution in [0, 0.1) is 5.92 Å². The average Bonchev–Trinajstić information content (AvgIpc) is 2.91. The molecule has 0 aliphatic carbocycles. The molecule has 0 spiro atoms. The second-order valence-corrected chi connectivity index (χ2v) is 7.40. The molecule has 1 aromatic carbocycles. The number of carbonyl (C=O) groups is 2. The third kappa shape index (κ3) is 3.38. The Morgan fingerprint density at radius 3 is 2.79 bits per heavy atom. The van der Waals surface area contributed by atoms with Gasteiger partial charge in [-0.15, -0.1) is 6.58 Å². The molecule has 6 heteroatoms. The van der Waals surface area contributed by atoms with Gasteiger partial charge in [0.25, 0.3) is 5.91 Å². The normalized spacial score (nSPS) is 23.4. The van der Waals surface area contributed by atoms with E-state index in [1.54, 1.807) is 42.2 Å². The van der Waals surface area contributed by atoms with Crippen LogP contribution in [0.4, 0.5) is 11.4 Å². The number of aliphatic hydroxyl groups is 2. The number of carbonyl (C=O) groups excluding carboxylic acids is 2. The number of rotatable bonds is 7. The molecule has 28 heavy (non-hydrogen) atoms. The number of hydrogen-bond donors (Lipinski definition) is 2. The van der Waals surface area contributed by atoms with Gasteiger partial charge in [0.2, 0.25) is 5.91 Å². The predicted octanol–water partition coefficient (Wildman–Crippen LogP) is 2.50. The van der Waals surface area contributed by atoms with Crippen LogP contribution in [0.1, 0.15) is 38.2 Å². The lowest BCUT2D eigenvalue weighted by atomic mass is 9.82. The van der Waals surface area contributed by atoms with Crippen LogP contribution < -0.4 is 9.80 Å². The monoisotopic (exact) mass is 384 g/mol. The fourth-order valence-corrected chi connectivity index (χ4v) is 4.01. The molecule has 2 aliphatic heterocycles.